The molecule has 31 heavy (non-hydrogen) atoms. The molecule has 0 bridgehead atoms. The number of benzene rings is 3. The van der Waals surface area contributed by atoms with E-state index in [9.17, 15) is 0 Å². The molecule has 6 nitrogen and oxygen atoms in total. The summed E-state index contributed by atoms with van der Waals surface area (Å²) in [7, 11) is 0. The van der Waals surface area contributed by atoms with Crippen LogP contribution in [-0.2, 0) is 13.2 Å². The van der Waals surface area contributed by atoms with Gasteiger partial charge in [-0.1, -0.05) is 71.7 Å². The summed E-state index contributed by atoms with van der Waals surface area (Å²) in [6.45, 7) is 1.27. The zero-order valence-corrected chi connectivity index (χ0v) is 16.7. The van der Waals surface area contributed by atoms with E-state index < -0.39 is 0 Å². The van der Waals surface area contributed by atoms with Gasteiger partial charge in [0.25, 0.3) is 0 Å². The predicted molar refractivity (Wildman–Crippen MR) is 118 cm³/mol. The topological polar surface area (TPSA) is 68.6 Å². The van der Waals surface area contributed by atoms with Crippen molar-refractivity contribution < 1.29 is 4.74 Å². The van der Waals surface area contributed by atoms with Crippen LogP contribution in [0.5, 0.6) is 5.75 Å². The standard InChI is InChI=1S/C25H19N5O/c1-3-7-19(8-4-1)16-30-17-21(11-14-25-26-28-29-27-25)23-15-22(12-13-24(23)30)31-18-20-9-5-2-6-10-20/h1-10,12-13,15,17H,16,18H2,(H,26,27,28,29). The first-order valence-corrected chi connectivity index (χ1v) is 9.94. The first-order valence-electron chi connectivity index (χ1n) is 9.94. The lowest BCUT2D eigenvalue weighted by atomic mass is 10.1. The van der Waals surface area contributed by atoms with Crippen molar-refractivity contribution in [3.05, 3.63) is 108 Å². The minimum atomic E-state index is 0.431. The van der Waals surface area contributed by atoms with E-state index in [0.717, 1.165) is 34.3 Å². The van der Waals surface area contributed by atoms with Crippen LogP contribution >= 0.6 is 0 Å². The van der Waals surface area contributed by atoms with Gasteiger partial charge in [0.05, 0.1) is 5.56 Å². The van der Waals surface area contributed by atoms with Gasteiger partial charge >= 0.3 is 0 Å². The zero-order chi connectivity index (χ0) is 20.9. The zero-order valence-electron chi connectivity index (χ0n) is 16.7. The molecule has 0 spiro atoms. The van der Waals surface area contributed by atoms with Gasteiger partial charge in [-0.05, 0) is 45.7 Å². The molecule has 5 rings (SSSR count). The first-order chi connectivity index (χ1) is 15.3. The Morgan fingerprint density at radius 1 is 0.871 bits per heavy atom. The molecule has 0 aliphatic heterocycles. The van der Waals surface area contributed by atoms with Gasteiger partial charge in [-0.15, -0.1) is 0 Å². The molecule has 150 valence electrons. The van der Waals surface area contributed by atoms with Gasteiger partial charge in [-0.25, -0.2) is 5.10 Å². The molecule has 6 heteroatoms. The van der Waals surface area contributed by atoms with Crippen LogP contribution < -0.4 is 4.74 Å². The fraction of sp³-hybridized carbons (Fsp3) is 0.0800. The number of hydrogen-bond acceptors (Lipinski definition) is 4. The van der Waals surface area contributed by atoms with E-state index in [2.05, 4.69) is 73.6 Å². The third kappa shape index (κ3) is 4.31. The van der Waals surface area contributed by atoms with Gasteiger partial charge in [0, 0.05) is 23.6 Å². The molecule has 1 N–H and O–H groups in total. The minimum Gasteiger partial charge on any atom is -0.489 e. The number of aromatic nitrogens is 5. The van der Waals surface area contributed by atoms with Crippen LogP contribution in [0.25, 0.3) is 10.9 Å². The van der Waals surface area contributed by atoms with Crippen LogP contribution in [0.1, 0.15) is 22.5 Å². The van der Waals surface area contributed by atoms with Crippen molar-refractivity contribution in [3.63, 3.8) is 0 Å². The molecule has 0 fully saturated rings. The molecule has 3 aromatic carbocycles. The SMILES string of the molecule is C(#Cc1cn(Cc2ccccc2)c2ccc(OCc3ccccc3)cc12)c1nnn[nH]1. The summed E-state index contributed by atoms with van der Waals surface area (Å²) >= 11 is 0. The Morgan fingerprint density at radius 2 is 1.65 bits per heavy atom. The van der Waals surface area contributed by atoms with Crippen molar-refractivity contribution in [2.75, 3.05) is 0 Å². The second-order valence-corrected chi connectivity index (χ2v) is 7.11. The summed E-state index contributed by atoms with van der Waals surface area (Å²) in [4.78, 5) is 0. The number of aromatic amines is 1. The van der Waals surface area contributed by atoms with E-state index >= 15 is 0 Å². The molecule has 0 aliphatic carbocycles. The van der Waals surface area contributed by atoms with Crippen molar-refractivity contribution >= 4 is 10.9 Å². The molecule has 0 atom stereocenters. The fourth-order valence-electron chi connectivity index (χ4n) is 3.46. The Hall–Kier alpha value is -4.37. The van der Waals surface area contributed by atoms with E-state index in [1.807, 2.05) is 48.5 Å². The van der Waals surface area contributed by atoms with Gasteiger partial charge in [0.1, 0.15) is 12.4 Å². The Balaban J connectivity index is 1.50. The number of hydrogen-bond donors (Lipinski definition) is 1. The third-order valence-electron chi connectivity index (χ3n) is 4.96. The molecule has 5 aromatic rings. The van der Waals surface area contributed by atoms with Crippen molar-refractivity contribution in [1.82, 2.24) is 25.2 Å². The Morgan fingerprint density at radius 3 is 2.39 bits per heavy atom. The summed E-state index contributed by atoms with van der Waals surface area (Å²) < 4.78 is 8.24. The molecule has 0 saturated carbocycles. The van der Waals surface area contributed by atoms with Gasteiger partial charge < -0.3 is 9.30 Å². The number of nitrogens with zero attached hydrogens (tertiary/aromatic N) is 4. The largest absolute Gasteiger partial charge is 0.489 e. The van der Waals surface area contributed by atoms with Gasteiger partial charge in [-0.3, -0.25) is 0 Å². The number of ether oxygens (including phenoxy) is 1. The van der Waals surface area contributed by atoms with E-state index in [0.29, 0.717) is 12.4 Å². The smallest absolute Gasteiger partial charge is 0.223 e. The molecular weight excluding hydrogens is 386 g/mol. The van der Waals surface area contributed by atoms with Gasteiger partial charge in [0.2, 0.25) is 5.82 Å². The van der Waals surface area contributed by atoms with E-state index in [1.54, 1.807) is 0 Å². The summed E-state index contributed by atoms with van der Waals surface area (Å²) in [6.07, 6.45) is 2.06. The second kappa shape index (κ2) is 8.56. The quantitative estimate of drug-likeness (QED) is 0.446. The molecule has 0 saturated heterocycles. The van der Waals surface area contributed by atoms with E-state index in [1.165, 1.54) is 5.56 Å². The molecule has 2 aromatic heterocycles. The number of nitrogens with one attached hydrogen (secondary N) is 1. The molecule has 2 heterocycles. The highest BCUT2D eigenvalue weighted by atomic mass is 16.5. The van der Waals surface area contributed by atoms with Crippen LogP contribution in [0.15, 0.2) is 85.1 Å². The van der Waals surface area contributed by atoms with E-state index in [4.69, 9.17) is 4.74 Å². The average Bonchev–Trinajstić information content (AvgIpc) is 3.46. The minimum absolute atomic E-state index is 0.431. The average molecular weight is 405 g/mol. The number of H-pyrrole nitrogens is 1. The van der Waals surface area contributed by atoms with Crippen molar-refractivity contribution in [1.29, 1.82) is 0 Å². The lowest BCUT2D eigenvalue weighted by Crippen LogP contribution is -1.98. The second-order valence-electron chi connectivity index (χ2n) is 7.11. The summed E-state index contributed by atoms with van der Waals surface area (Å²) in [5, 5.41) is 14.7. The molecule has 0 radical (unpaired) electrons. The van der Waals surface area contributed by atoms with Gasteiger partial charge in [-0.2, -0.15) is 0 Å². The Labute approximate surface area is 179 Å². The monoisotopic (exact) mass is 405 g/mol. The summed E-state index contributed by atoms with van der Waals surface area (Å²) in [5.74, 6) is 7.42. The maximum Gasteiger partial charge on any atom is 0.223 e. The van der Waals surface area contributed by atoms with Crippen LogP contribution in [0, 0.1) is 11.8 Å². The maximum absolute atomic E-state index is 6.04. The molecule has 0 amide bonds. The van der Waals surface area contributed by atoms with Crippen LogP contribution in [0.2, 0.25) is 0 Å². The summed E-state index contributed by atoms with van der Waals surface area (Å²) in [6, 6.07) is 26.6. The molecule has 0 aliphatic rings. The van der Waals surface area contributed by atoms with Crippen LogP contribution in [-0.4, -0.2) is 25.2 Å². The number of fused-ring (bicyclic) bond motifs is 1. The fourth-order valence-corrected chi connectivity index (χ4v) is 3.46. The van der Waals surface area contributed by atoms with Gasteiger partial charge in [0.15, 0.2) is 0 Å². The normalized spacial score (nSPS) is 10.6. The van der Waals surface area contributed by atoms with Crippen molar-refractivity contribution in [3.8, 4) is 17.6 Å². The van der Waals surface area contributed by atoms with Crippen molar-refractivity contribution in [2.24, 2.45) is 0 Å². The van der Waals surface area contributed by atoms with Crippen LogP contribution in [0.3, 0.4) is 0 Å². The van der Waals surface area contributed by atoms with Crippen LogP contribution in [0.4, 0.5) is 0 Å². The van der Waals surface area contributed by atoms with Crippen molar-refractivity contribution in [2.45, 2.75) is 13.2 Å². The highest BCUT2D eigenvalue weighted by Gasteiger charge is 2.10. The number of rotatable bonds is 5. The summed E-state index contributed by atoms with van der Waals surface area (Å²) in [5.41, 5.74) is 4.34. The van der Waals surface area contributed by atoms with E-state index in [-0.39, 0.29) is 0 Å². The lowest BCUT2D eigenvalue weighted by Gasteiger charge is -2.08. The Kier molecular flexibility index (Phi) is 5.15. The highest BCUT2D eigenvalue weighted by molar-refractivity contribution is 5.88. The lowest BCUT2D eigenvalue weighted by molar-refractivity contribution is 0.306. The molecule has 0 unspecified atom stereocenters. The first kappa shape index (κ1) is 18.6. The number of tetrazole rings is 1. The maximum atomic E-state index is 6.04. The Bertz CT molecular complexity index is 1350. The highest BCUT2D eigenvalue weighted by Crippen LogP contribution is 2.27. The third-order valence-corrected chi connectivity index (χ3v) is 4.96. The molecular formula is C25H19N5O. The predicted octanol–water partition coefficient (Wildman–Crippen LogP) is 4.18.